The molecule has 1 heterocycles. The van der Waals surface area contributed by atoms with Gasteiger partial charge in [0.15, 0.2) is 6.23 Å². The van der Waals surface area contributed by atoms with Crippen LogP contribution in [0.5, 0.6) is 0 Å². The molecule has 5 nitrogen and oxygen atoms in total. The summed E-state index contributed by atoms with van der Waals surface area (Å²) < 4.78 is 4.48. The minimum atomic E-state index is -1.30. The Morgan fingerprint density at radius 2 is 2.36 bits per heavy atom. The molecule has 0 bridgehead atoms. The second kappa shape index (κ2) is 3.06. The molecule has 0 radical (unpaired) electrons. The van der Waals surface area contributed by atoms with Crippen molar-refractivity contribution in [2.75, 3.05) is 13.6 Å². The number of hydrogen-bond donors (Lipinski definition) is 2. The largest absolute Gasteiger partial charge is 0.507 e. The Balaban J connectivity index is 2.40. The van der Waals surface area contributed by atoms with Crippen molar-refractivity contribution in [3.05, 3.63) is 0 Å². The molecule has 1 saturated heterocycles. The number of β-amino-alcohol motifs (C(OH)–C–C–N with tert-alkyl or cyclic N) is 1. The standard InChI is InChI=1S/C6H11NO4/c1-7-3-4(8)2-5(7)11-6(9)10/h4-5,8H,2-3H2,1H3,(H,9,10)/t4-,5-/m1/s1. The van der Waals surface area contributed by atoms with Gasteiger partial charge < -0.3 is 14.9 Å². The van der Waals surface area contributed by atoms with E-state index in [-0.39, 0.29) is 0 Å². The normalized spacial score (nSPS) is 32.2. The molecule has 0 aromatic rings. The topological polar surface area (TPSA) is 70.0 Å². The number of aliphatic hydroxyl groups is 1. The van der Waals surface area contributed by atoms with Gasteiger partial charge in [0, 0.05) is 13.0 Å². The fourth-order valence-electron chi connectivity index (χ4n) is 1.19. The summed E-state index contributed by atoms with van der Waals surface area (Å²) in [4.78, 5) is 11.7. The smallest absolute Gasteiger partial charge is 0.450 e. The highest BCUT2D eigenvalue weighted by Gasteiger charge is 2.30. The van der Waals surface area contributed by atoms with Crippen molar-refractivity contribution in [3.63, 3.8) is 0 Å². The molecule has 2 atom stereocenters. The molecule has 2 N–H and O–H groups in total. The Labute approximate surface area is 64.2 Å². The minimum absolute atomic E-state index is 0.364. The Hall–Kier alpha value is -0.810. The van der Waals surface area contributed by atoms with E-state index in [2.05, 4.69) is 4.74 Å². The summed E-state index contributed by atoms with van der Waals surface area (Å²) in [6, 6.07) is 0. The van der Waals surface area contributed by atoms with Gasteiger partial charge in [-0.2, -0.15) is 0 Å². The van der Waals surface area contributed by atoms with Gasteiger partial charge in [0.05, 0.1) is 6.10 Å². The van der Waals surface area contributed by atoms with E-state index in [0.717, 1.165) is 0 Å². The number of carboxylic acid groups (broad SMARTS) is 1. The Morgan fingerprint density at radius 1 is 1.73 bits per heavy atom. The quantitative estimate of drug-likeness (QED) is 0.517. The van der Waals surface area contributed by atoms with Crippen LogP contribution in [0.1, 0.15) is 6.42 Å². The third kappa shape index (κ3) is 2.06. The Bertz CT molecular complexity index is 161. The maximum absolute atomic E-state index is 10.1. The molecule has 0 spiro atoms. The molecule has 0 saturated carbocycles. The summed E-state index contributed by atoms with van der Waals surface area (Å²) >= 11 is 0. The molecule has 1 rings (SSSR count). The summed E-state index contributed by atoms with van der Waals surface area (Å²) in [5, 5.41) is 17.3. The van der Waals surface area contributed by atoms with Crippen LogP contribution in [0.15, 0.2) is 0 Å². The fourth-order valence-corrected chi connectivity index (χ4v) is 1.19. The molecule has 1 fully saturated rings. The minimum Gasteiger partial charge on any atom is -0.450 e. The summed E-state index contributed by atoms with van der Waals surface area (Å²) in [6.07, 6.45) is -1.88. The molecular weight excluding hydrogens is 150 g/mol. The van der Waals surface area contributed by atoms with Gasteiger partial charge in [-0.25, -0.2) is 4.79 Å². The lowest BCUT2D eigenvalue weighted by Crippen LogP contribution is -2.29. The zero-order valence-electron chi connectivity index (χ0n) is 6.23. The molecule has 0 amide bonds. The van der Waals surface area contributed by atoms with Crippen molar-refractivity contribution in [1.82, 2.24) is 4.90 Å². The number of carbonyl (C=O) groups is 1. The van der Waals surface area contributed by atoms with Crippen molar-refractivity contribution in [1.29, 1.82) is 0 Å². The number of ether oxygens (including phenoxy) is 1. The lowest BCUT2D eigenvalue weighted by Gasteiger charge is -2.16. The Kier molecular flexibility index (Phi) is 2.31. The van der Waals surface area contributed by atoms with Gasteiger partial charge in [-0.3, -0.25) is 4.90 Å². The molecule has 1 aliphatic rings. The number of aliphatic hydroxyl groups excluding tert-OH is 1. The zero-order chi connectivity index (χ0) is 8.43. The van der Waals surface area contributed by atoms with Crippen LogP contribution in [0.4, 0.5) is 4.79 Å². The van der Waals surface area contributed by atoms with Crippen LogP contribution in [0.25, 0.3) is 0 Å². The fraction of sp³-hybridized carbons (Fsp3) is 0.833. The molecule has 1 aliphatic heterocycles. The van der Waals surface area contributed by atoms with Gasteiger partial charge in [0.2, 0.25) is 0 Å². The monoisotopic (exact) mass is 161 g/mol. The van der Waals surface area contributed by atoms with Gasteiger partial charge in [-0.1, -0.05) is 0 Å². The number of nitrogens with zero attached hydrogens (tertiary/aromatic N) is 1. The molecular formula is C6H11NO4. The van der Waals surface area contributed by atoms with E-state index in [4.69, 9.17) is 10.2 Å². The third-order valence-electron chi connectivity index (χ3n) is 1.70. The van der Waals surface area contributed by atoms with E-state index < -0.39 is 18.5 Å². The lowest BCUT2D eigenvalue weighted by molar-refractivity contribution is -0.00383. The van der Waals surface area contributed by atoms with E-state index in [9.17, 15) is 4.79 Å². The van der Waals surface area contributed by atoms with Gasteiger partial charge in [0.25, 0.3) is 0 Å². The average molecular weight is 161 g/mol. The first-order chi connectivity index (χ1) is 5.09. The summed E-state index contributed by atoms with van der Waals surface area (Å²) in [5.74, 6) is 0. The molecule has 0 unspecified atom stereocenters. The molecule has 64 valence electrons. The van der Waals surface area contributed by atoms with Crippen molar-refractivity contribution in [2.45, 2.75) is 18.8 Å². The molecule has 0 aromatic heterocycles. The summed E-state index contributed by atoms with van der Waals surface area (Å²) in [7, 11) is 1.71. The van der Waals surface area contributed by atoms with Crippen molar-refractivity contribution < 1.29 is 19.7 Å². The van der Waals surface area contributed by atoms with E-state index in [0.29, 0.717) is 13.0 Å². The molecule has 0 aliphatic carbocycles. The predicted molar refractivity (Wildman–Crippen MR) is 36.2 cm³/mol. The lowest BCUT2D eigenvalue weighted by atomic mass is 10.3. The van der Waals surface area contributed by atoms with Crippen molar-refractivity contribution >= 4 is 6.16 Å². The molecule has 5 heteroatoms. The number of rotatable bonds is 1. The summed E-state index contributed by atoms with van der Waals surface area (Å²) in [5.41, 5.74) is 0. The third-order valence-corrected chi connectivity index (χ3v) is 1.70. The predicted octanol–water partition coefficient (Wildman–Crippen LogP) is -0.297. The number of likely N-dealkylation sites (tertiary alicyclic amines) is 1. The maximum atomic E-state index is 10.1. The SMILES string of the molecule is CN1C[C@H](O)C[C@H]1OC(=O)O. The maximum Gasteiger partial charge on any atom is 0.507 e. The second-order valence-corrected chi connectivity index (χ2v) is 2.67. The highest BCUT2D eigenvalue weighted by atomic mass is 16.7. The second-order valence-electron chi connectivity index (χ2n) is 2.67. The van der Waals surface area contributed by atoms with E-state index in [1.807, 2.05) is 0 Å². The van der Waals surface area contributed by atoms with E-state index in [1.54, 1.807) is 11.9 Å². The highest BCUT2D eigenvalue weighted by Crippen LogP contribution is 2.16. The molecule has 11 heavy (non-hydrogen) atoms. The van der Waals surface area contributed by atoms with Crippen LogP contribution in [0, 0.1) is 0 Å². The average Bonchev–Trinajstić information content (AvgIpc) is 2.09. The van der Waals surface area contributed by atoms with Crippen molar-refractivity contribution in [2.24, 2.45) is 0 Å². The van der Waals surface area contributed by atoms with Gasteiger partial charge in [-0.05, 0) is 7.05 Å². The van der Waals surface area contributed by atoms with Crippen LogP contribution < -0.4 is 0 Å². The van der Waals surface area contributed by atoms with Gasteiger partial charge >= 0.3 is 6.16 Å². The van der Waals surface area contributed by atoms with Crippen LogP contribution in [0.3, 0.4) is 0 Å². The first-order valence-electron chi connectivity index (χ1n) is 3.37. The van der Waals surface area contributed by atoms with Crippen LogP contribution in [-0.2, 0) is 4.74 Å². The number of likely N-dealkylation sites (N-methyl/N-ethyl adjacent to an activating group) is 1. The number of hydrogen-bond acceptors (Lipinski definition) is 4. The van der Waals surface area contributed by atoms with Gasteiger partial charge in [-0.15, -0.1) is 0 Å². The van der Waals surface area contributed by atoms with Crippen LogP contribution in [0.2, 0.25) is 0 Å². The van der Waals surface area contributed by atoms with E-state index in [1.165, 1.54) is 0 Å². The Morgan fingerprint density at radius 3 is 2.73 bits per heavy atom. The van der Waals surface area contributed by atoms with Crippen LogP contribution >= 0.6 is 0 Å². The summed E-state index contributed by atoms with van der Waals surface area (Å²) in [6.45, 7) is 0.470. The highest BCUT2D eigenvalue weighted by molar-refractivity contribution is 5.57. The van der Waals surface area contributed by atoms with Gasteiger partial charge in [0.1, 0.15) is 0 Å². The molecule has 0 aromatic carbocycles. The van der Waals surface area contributed by atoms with E-state index >= 15 is 0 Å². The first kappa shape index (κ1) is 8.29. The van der Waals surface area contributed by atoms with Crippen LogP contribution in [-0.4, -0.2) is 47.2 Å². The first-order valence-corrected chi connectivity index (χ1v) is 3.37. The zero-order valence-corrected chi connectivity index (χ0v) is 6.23. The van der Waals surface area contributed by atoms with Crippen molar-refractivity contribution in [3.8, 4) is 0 Å².